The molecule has 0 fully saturated rings. The number of benzene rings is 2. The highest BCUT2D eigenvalue weighted by molar-refractivity contribution is 9.10. The Kier molecular flexibility index (Phi) is 3.54. The van der Waals surface area contributed by atoms with Crippen molar-refractivity contribution in [2.24, 2.45) is 0 Å². The molecule has 17 heavy (non-hydrogen) atoms. The molecule has 2 nitrogen and oxygen atoms in total. The third-order valence-corrected chi connectivity index (χ3v) is 2.86. The Balaban J connectivity index is 2.33. The largest absolute Gasteiger partial charge is 0.455 e. The third kappa shape index (κ3) is 2.90. The zero-order valence-corrected chi connectivity index (χ0v) is 10.9. The average molecular weight is 317 g/mol. The minimum absolute atomic E-state index is 0.0239. The molecule has 0 aliphatic rings. The summed E-state index contributed by atoms with van der Waals surface area (Å²) < 4.78 is 19.5. The van der Waals surface area contributed by atoms with Crippen LogP contribution in [0.3, 0.4) is 0 Å². The van der Waals surface area contributed by atoms with Crippen molar-refractivity contribution in [3.8, 4) is 11.5 Å². The zero-order chi connectivity index (χ0) is 12.4. The lowest BCUT2D eigenvalue weighted by molar-refractivity contribution is 0.483. The summed E-state index contributed by atoms with van der Waals surface area (Å²) in [5.41, 5.74) is 5.84. The van der Waals surface area contributed by atoms with Crippen LogP contribution < -0.4 is 10.5 Å². The highest BCUT2D eigenvalue weighted by atomic mass is 79.9. The topological polar surface area (TPSA) is 35.2 Å². The number of hydrogen-bond acceptors (Lipinski definition) is 2. The van der Waals surface area contributed by atoms with Crippen LogP contribution in [0.1, 0.15) is 0 Å². The first-order valence-electron chi connectivity index (χ1n) is 4.74. The summed E-state index contributed by atoms with van der Waals surface area (Å²) in [6.45, 7) is 0. The van der Waals surface area contributed by atoms with E-state index >= 15 is 0 Å². The SMILES string of the molecule is Nc1cc(F)c(Cl)cc1Oc1cccc(Br)c1. The maximum absolute atomic E-state index is 13.1. The van der Waals surface area contributed by atoms with Crippen molar-refractivity contribution in [2.75, 3.05) is 5.73 Å². The van der Waals surface area contributed by atoms with Crippen LogP contribution in [0, 0.1) is 5.82 Å². The predicted octanol–water partition coefficient (Wildman–Crippen LogP) is 4.62. The van der Waals surface area contributed by atoms with Crippen LogP contribution in [0.25, 0.3) is 0 Å². The molecule has 88 valence electrons. The van der Waals surface area contributed by atoms with E-state index in [1.807, 2.05) is 12.1 Å². The summed E-state index contributed by atoms with van der Waals surface area (Å²) in [7, 11) is 0. The second-order valence-corrected chi connectivity index (χ2v) is 4.69. The molecule has 0 unspecified atom stereocenters. The van der Waals surface area contributed by atoms with Crippen molar-refractivity contribution in [2.45, 2.75) is 0 Å². The molecule has 0 saturated carbocycles. The van der Waals surface area contributed by atoms with E-state index < -0.39 is 5.82 Å². The van der Waals surface area contributed by atoms with Crippen LogP contribution in [0.5, 0.6) is 11.5 Å². The summed E-state index contributed by atoms with van der Waals surface area (Å²) >= 11 is 8.99. The number of ether oxygens (including phenoxy) is 1. The molecule has 2 aromatic rings. The number of hydrogen-bond donors (Lipinski definition) is 1. The lowest BCUT2D eigenvalue weighted by Gasteiger charge is -2.09. The Labute approximate surface area is 111 Å². The first-order valence-corrected chi connectivity index (χ1v) is 5.91. The molecule has 0 amide bonds. The van der Waals surface area contributed by atoms with Crippen molar-refractivity contribution in [1.82, 2.24) is 0 Å². The number of nitrogens with two attached hydrogens (primary N) is 1. The van der Waals surface area contributed by atoms with E-state index in [0.29, 0.717) is 11.5 Å². The van der Waals surface area contributed by atoms with Gasteiger partial charge in [-0.3, -0.25) is 0 Å². The van der Waals surface area contributed by atoms with Crippen LogP contribution in [0.4, 0.5) is 10.1 Å². The van der Waals surface area contributed by atoms with Gasteiger partial charge in [-0.15, -0.1) is 0 Å². The maximum atomic E-state index is 13.1. The van der Waals surface area contributed by atoms with Crippen LogP contribution >= 0.6 is 27.5 Å². The molecule has 0 aromatic heterocycles. The van der Waals surface area contributed by atoms with Gasteiger partial charge in [0.15, 0.2) is 5.75 Å². The fourth-order valence-corrected chi connectivity index (χ4v) is 1.82. The number of nitrogen functional groups attached to an aromatic ring is 1. The highest BCUT2D eigenvalue weighted by Crippen LogP contribution is 2.32. The minimum Gasteiger partial charge on any atom is -0.455 e. The van der Waals surface area contributed by atoms with Crippen LogP contribution in [-0.4, -0.2) is 0 Å². The Morgan fingerprint density at radius 3 is 2.71 bits per heavy atom. The molecule has 5 heteroatoms. The molecule has 0 aliphatic heterocycles. The quantitative estimate of drug-likeness (QED) is 0.821. The van der Waals surface area contributed by atoms with E-state index in [1.54, 1.807) is 12.1 Å². The summed E-state index contributed by atoms with van der Waals surface area (Å²) in [4.78, 5) is 0. The van der Waals surface area contributed by atoms with E-state index in [9.17, 15) is 4.39 Å². The van der Waals surface area contributed by atoms with E-state index in [-0.39, 0.29) is 10.7 Å². The second kappa shape index (κ2) is 4.94. The molecule has 0 heterocycles. The number of halogens is 3. The molecular weight excluding hydrogens is 308 g/mol. The molecule has 0 radical (unpaired) electrons. The molecule has 0 atom stereocenters. The molecule has 0 saturated heterocycles. The van der Waals surface area contributed by atoms with Gasteiger partial charge in [0.05, 0.1) is 10.7 Å². The van der Waals surface area contributed by atoms with Crippen molar-refractivity contribution in [3.63, 3.8) is 0 Å². The van der Waals surface area contributed by atoms with Crippen LogP contribution in [0.15, 0.2) is 40.9 Å². The van der Waals surface area contributed by atoms with Crippen molar-refractivity contribution < 1.29 is 9.13 Å². The van der Waals surface area contributed by atoms with Gasteiger partial charge < -0.3 is 10.5 Å². The molecular formula is C12H8BrClFNO. The normalized spacial score (nSPS) is 10.3. The summed E-state index contributed by atoms with van der Waals surface area (Å²) in [6.07, 6.45) is 0. The van der Waals surface area contributed by atoms with Gasteiger partial charge in [-0.1, -0.05) is 33.6 Å². The van der Waals surface area contributed by atoms with Gasteiger partial charge >= 0.3 is 0 Å². The van der Waals surface area contributed by atoms with E-state index in [4.69, 9.17) is 22.1 Å². The average Bonchev–Trinajstić information content (AvgIpc) is 2.26. The van der Waals surface area contributed by atoms with Gasteiger partial charge in [0.2, 0.25) is 0 Å². The van der Waals surface area contributed by atoms with Crippen LogP contribution in [0.2, 0.25) is 5.02 Å². The van der Waals surface area contributed by atoms with E-state index in [2.05, 4.69) is 15.9 Å². The van der Waals surface area contributed by atoms with Crippen molar-refractivity contribution in [1.29, 1.82) is 0 Å². The third-order valence-electron chi connectivity index (χ3n) is 2.08. The van der Waals surface area contributed by atoms with E-state index in [1.165, 1.54) is 6.07 Å². The number of anilines is 1. The molecule has 2 aromatic carbocycles. The van der Waals surface area contributed by atoms with Crippen molar-refractivity contribution >= 4 is 33.2 Å². The maximum Gasteiger partial charge on any atom is 0.151 e. The Bertz CT molecular complexity index is 562. The molecule has 2 rings (SSSR count). The Morgan fingerprint density at radius 1 is 1.24 bits per heavy atom. The first kappa shape index (κ1) is 12.2. The minimum atomic E-state index is -0.564. The summed E-state index contributed by atoms with van der Waals surface area (Å²) in [5.74, 6) is 0.356. The van der Waals surface area contributed by atoms with Gasteiger partial charge in [0.25, 0.3) is 0 Å². The fraction of sp³-hybridized carbons (Fsp3) is 0. The van der Waals surface area contributed by atoms with E-state index in [0.717, 1.165) is 10.5 Å². The van der Waals surface area contributed by atoms with Gasteiger partial charge in [-0.25, -0.2) is 4.39 Å². The lowest BCUT2D eigenvalue weighted by Crippen LogP contribution is -1.93. The van der Waals surface area contributed by atoms with Crippen molar-refractivity contribution in [3.05, 3.63) is 51.7 Å². The van der Waals surface area contributed by atoms with Crippen LogP contribution in [-0.2, 0) is 0 Å². The Morgan fingerprint density at radius 2 is 2.00 bits per heavy atom. The van der Waals surface area contributed by atoms with Gasteiger partial charge in [-0.05, 0) is 18.2 Å². The fourth-order valence-electron chi connectivity index (χ4n) is 1.29. The number of rotatable bonds is 2. The predicted molar refractivity (Wildman–Crippen MR) is 70.0 cm³/mol. The molecule has 0 aliphatic carbocycles. The standard InChI is InChI=1S/C12H8BrClFNO/c13-7-2-1-3-8(4-7)17-12-5-9(14)10(15)6-11(12)16/h1-6H,16H2. The van der Waals surface area contributed by atoms with Gasteiger partial charge in [-0.2, -0.15) is 0 Å². The summed E-state index contributed by atoms with van der Waals surface area (Å²) in [6, 6.07) is 9.72. The zero-order valence-electron chi connectivity index (χ0n) is 8.58. The van der Waals surface area contributed by atoms with Gasteiger partial charge in [0.1, 0.15) is 11.6 Å². The lowest BCUT2D eigenvalue weighted by atomic mass is 10.3. The molecule has 0 bridgehead atoms. The van der Waals surface area contributed by atoms with Gasteiger partial charge in [0, 0.05) is 16.6 Å². The smallest absolute Gasteiger partial charge is 0.151 e. The second-order valence-electron chi connectivity index (χ2n) is 3.36. The molecule has 2 N–H and O–H groups in total. The monoisotopic (exact) mass is 315 g/mol. The first-order chi connectivity index (χ1) is 8.06. The molecule has 0 spiro atoms. The highest BCUT2D eigenvalue weighted by Gasteiger charge is 2.08. The Hall–Kier alpha value is -1.26. The summed E-state index contributed by atoms with van der Waals surface area (Å²) in [5, 5.41) is -0.0239.